The van der Waals surface area contributed by atoms with Crippen LogP contribution in [0.3, 0.4) is 0 Å². The van der Waals surface area contributed by atoms with E-state index in [9.17, 15) is 9.90 Å². The van der Waals surface area contributed by atoms with Crippen LogP contribution in [0, 0.1) is 11.3 Å². The van der Waals surface area contributed by atoms with Crippen molar-refractivity contribution in [1.82, 2.24) is 0 Å². The second-order valence-electron chi connectivity index (χ2n) is 4.52. The summed E-state index contributed by atoms with van der Waals surface area (Å²) in [6, 6.07) is 0. The Hall–Kier alpha value is -0.500. The molecule has 0 heterocycles. The van der Waals surface area contributed by atoms with Gasteiger partial charge in [0, 0.05) is 5.54 Å². The van der Waals surface area contributed by atoms with E-state index < -0.39 is 11.4 Å². The number of carboxylic acid groups (broad SMARTS) is 1. The third-order valence-corrected chi connectivity index (χ3v) is 3.75. The molecule has 0 bridgehead atoms. The smallest absolute Gasteiger partial charge is 0.309 e. The van der Waals surface area contributed by atoms with E-state index in [1.807, 2.05) is 0 Å². The van der Waals surface area contributed by atoms with E-state index in [0.717, 1.165) is 25.7 Å². The van der Waals surface area contributed by atoms with Crippen LogP contribution in [-0.4, -0.2) is 11.1 Å². The predicted molar refractivity (Wildman–Crippen MR) is 61.9 cm³/mol. The Morgan fingerprint density at radius 3 is 2.93 bits per heavy atom. The van der Waals surface area contributed by atoms with Crippen LogP contribution in [0.15, 0.2) is 11.6 Å². The van der Waals surface area contributed by atoms with Crippen LogP contribution in [0.5, 0.6) is 0 Å². The minimum Gasteiger partial charge on any atom is -0.481 e. The third kappa shape index (κ3) is 2.97. The summed E-state index contributed by atoms with van der Waals surface area (Å²) in [5.41, 5.74) is 0.880. The van der Waals surface area contributed by atoms with Gasteiger partial charge < -0.3 is 5.11 Å². The molecule has 0 radical (unpaired) electrons. The molecule has 1 aliphatic carbocycles. The van der Waals surface area contributed by atoms with E-state index >= 15 is 0 Å². The van der Waals surface area contributed by atoms with Gasteiger partial charge in [0.2, 0.25) is 0 Å². The molecule has 1 rings (SSSR count). The van der Waals surface area contributed by atoms with E-state index in [-0.39, 0.29) is 0 Å². The van der Waals surface area contributed by atoms with Crippen LogP contribution in [0.1, 0.15) is 45.4 Å². The summed E-state index contributed by atoms with van der Waals surface area (Å²) in [5.74, 6) is -0.0889. The summed E-state index contributed by atoms with van der Waals surface area (Å²) >= 11 is 5.48. The molecule has 1 aliphatic rings. The standard InChI is InChI=1S/C12H19ClO2/c1-2-10-5-3-6-12(9-10,11(14)15)7-4-8-13/h4,8,10H,2-3,5-7,9H2,1H3,(H,14,15)/b8-4+. The molecule has 0 spiro atoms. The topological polar surface area (TPSA) is 37.3 Å². The number of allylic oxidation sites excluding steroid dienone is 1. The largest absolute Gasteiger partial charge is 0.481 e. The maximum absolute atomic E-state index is 11.4. The van der Waals surface area contributed by atoms with Crippen molar-refractivity contribution in [3.63, 3.8) is 0 Å². The quantitative estimate of drug-likeness (QED) is 0.798. The highest BCUT2D eigenvalue weighted by Crippen LogP contribution is 2.43. The number of rotatable bonds is 4. The molecular weight excluding hydrogens is 212 g/mol. The van der Waals surface area contributed by atoms with Gasteiger partial charge in [0.15, 0.2) is 0 Å². The summed E-state index contributed by atoms with van der Waals surface area (Å²) in [5, 5.41) is 9.35. The lowest BCUT2D eigenvalue weighted by molar-refractivity contribution is -0.152. The average molecular weight is 231 g/mol. The van der Waals surface area contributed by atoms with Crippen LogP contribution in [0.4, 0.5) is 0 Å². The lowest BCUT2D eigenvalue weighted by Crippen LogP contribution is -2.36. The SMILES string of the molecule is CCC1CCCC(C/C=C/Cl)(C(=O)O)C1. The maximum Gasteiger partial charge on any atom is 0.309 e. The van der Waals surface area contributed by atoms with E-state index in [1.54, 1.807) is 6.08 Å². The van der Waals surface area contributed by atoms with E-state index in [1.165, 1.54) is 12.0 Å². The van der Waals surface area contributed by atoms with Crippen molar-refractivity contribution in [3.05, 3.63) is 11.6 Å². The zero-order valence-corrected chi connectivity index (χ0v) is 9.96. The summed E-state index contributed by atoms with van der Waals surface area (Å²) in [7, 11) is 0. The molecule has 0 aromatic rings. The second-order valence-corrected chi connectivity index (χ2v) is 4.77. The number of hydrogen-bond acceptors (Lipinski definition) is 1. The van der Waals surface area contributed by atoms with Crippen molar-refractivity contribution in [2.24, 2.45) is 11.3 Å². The lowest BCUT2D eigenvalue weighted by Gasteiger charge is -2.36. The Balaban J connectivity index is 2.75. The minimum absolute atomic E-state index is 0.551. The number of carboxylic acids is 1. The zero-order chi connectivity index (χ0) is 11.3. The molecule has 86 valence electrons. The van der Waals surface area contributed by atoms with Gasteiger partial charge in [-0.2, -0.15) is 0 Å². The highest BCUT2D eigenvalue weighted by Gasteiger charge is 2.41. The molecule has 3 heteroatoms. The number of halogens is 1. The van der Waals surface area contributed by atoms with Crippen LogP contribution in [-0.2, 0) is 4.79 Å². The van der Waals surface area contributed by atoms with Crippen molar-refractivity contribution in [1.29, 1.82) is 0 Å². The monoisotopic (exact) mass is 230 g/mol. The maximum atomic E-state index is 11.4. The molecule has 2 nitrogen and oxygen atoms in total. The van der Waals surface area contributed by atoms with E-state index in [0.29, 0.717) is 12.3 Å². The zero-order valence-electron chi connectivity index (χ0n) is 9.21. The number of hydrogen-bond donors (Lipinski definition) is 1. The first-order valence-corrected chi connectivity index (χ1v) is 6.07. The molecule has 0 aliphatic heterocycles. The molecule has 1 N–H and O–H groups in total. The van der Waals surface area contributed by atoms with Gasteiger partial charge in [-0.1, -0.05) is 43.9 Å². The van der Waals surface area contributed by atoms with Gasteiger partial charge in [-0.25, -0.2) is 0 Å². The first-order chi connectivity index (χ1) is 7.14. The van der Waals surface area contributed by atoms with Gasteiger partial charge in [0.1, 0.15) is 0 Å². The van der Waals surface area contributed by atoms with E-state index in [2.05, 4.69) is 6.92 Å². The normalized spacial score (nSPS) is 32.0. The minimum atomic E-state index is -0.657. The Morgan fingerprint density at radius 2 is 2.40 bits per heavy atom. The fourth-order valence-electron chi connectivity index (χ4n) is 2.57. The average Bonchev–Trinajstić information content (AvgIpc) is 2.26. The lowest BCUT2D eigenvalue weighted by atomic mass is 9.67. The second kappa shape index (κ2) is 5.55. The Morgan fingerprint density at radius 1 is 1.67 bits per heavy atom. The summed E-state index contributed by atoms with van der Waals surface area (Å²) < 4.78 is 0. The Bertz CT molecular complexity index is 250. The van der Waals surface area contributed by atoms with Crippen molar-refractivity contribution in [2.75, 3.05) is 0 Å². The van der Waals surface area contributed by atoms with Gasteiger partial charge in [0.05, 0.1) is 5.41 Å². The molecule has 1 saturated carbocycles. The van der Waals surface area contributed by atoms with Crippen molar-refractivity contribution in [3.8, 4) is 0 Å². The fraction of sp³-hybridized carbons (Fsp3) is 0.750. The predicted octanol–water partition coefficient (Wildman–Crippen LogP) is 3.80. The molecule has 15 heavy (non-hydrogen) atoms. The number of aliphatic carboxylic acids is 1. The van der Waals surface area contributed by atoms with Gasteiger partial charge in [0.25, 0.3) is 0 Å². The van der Waals surface area contributed by atoms with Gasteiger partial charge >= 0.3 is 5.97 Å². The molecule has 2 atom stereocenters. The summed E-state index contributed by atoms with van der Waals surface area (Å²) in [6.45, 7) is 2.14. The van der Waals surface area contributed by atoms with Gasteiger partial charge in [-0.3, -0.25) is 4.79 Å². The molecule has 2 unspecified atom stereocenters. The first-order valence-electron chi connectivity index (χ1n) is 5.63. The summed E-state index contributed by atoms with van der Waals surface area (Å²) in [6.07, 6.45) is 7.23. The summed E-state index contributed by atoms with van der Waals surface area (Å²) in [4.78, 5) is 11.4. The molecule has 1 fully saturated rings. The highest BCUT2D eigenvalue weighted by atomic mass is 35.5. The van der Waals surface area contributed by atoms with Crippen LogP contribution in [0.25, 0.3) is 0 Å². The Labute approximate surface area is 96.3 Å². The molecule has 0 amide bonds. The molecule has 0 aromatic carbocycles. The highest BCUT2D eigenvalue weighted by molar-refractivity contribution is 6.25. The van der Waals surface area contributed by atoms with Crippen LogP contribution in [0.2, 0.25) is 0 Å². The van der Waals surface area contributed by atoms with Gasteiger partial charge in [-0.15, -0.1) is 0 Å². The van der Waals surface area contributed by atoms with Crippen molar-refractivity contribution in [2.45, 2.75) is 45.4 Å². The first kappa shape index (κ1) is 12.6. The molecular formula is C12H19ClO2. The Kier molecular flexibility index (Phi) is 4.65. The van der Waals surface area contributed by atoms with Crippen LogP contribution < -0.4 is 0 Å². The molecule has 0 aromatic heterocycles. The fourth-order valence-corrected chi connectivity index (χ4v) is 2.66. The van der Waals surface area contributed by atoms with E-state index in [4.69, 9.17) is 11.6 Å². The van der Waals surface area contributed by atoms with Crippen LogP contribution >= 0.6 is 11.6 Å². The van der Waals surface area contributed by atoms with Gasteiger partial charge in [-0.05, 0) is 25.2 Å². The number of carbonyl (C=O) groups is 1. The molecule has 0 saturated heterocycles. The third-order valence-electron chi connectivity index (χ3n) is 3.58. The van der Waals surface area contributed by atoms with Crippen molar-refractivity contribution < 1.29 is 9.90 Å². The van der Waals surface area contributed by atoms with Crippen molar-refractivity contribution >= 4 is 17.6 Å².